The van der Waals surface area contributed by atoms with Crippen LogP contribution in [-0.2, 0) is 16.6 Å². The third kappa shape index (κ3) is 4.19. The van der Waals surface area contributed by atoms with E-state index in [4.69, 9.17) is 16.7 Å². The number of nitrogens with zero attached hydrogens (tertiary/aromatic N) is 2. The maximum Gasteiger partial charge on any atom is 0.238 e. The lowest BCUT2D eigenvalue weighted by atomic mass is 10.1. The number of Topliss-reactive ketones (excluding diaryl/α,β-unsaturated/α-hetero) is 1. The van der Waals surface area contributed by atoms with Crippen molar-refractivity contribution in [2.24, 2.45) is 5.14 Å². The molecule has 0 fully saturated rings. The van der Waals surface area contributed by atoms with Gasteiger partial charge in [0.15, 0.2) is 10.9 Å². The Bertz CT molecular complexity index is 1130. The average Bonchev–Trinajstić information content (AvgIpc) is 2.96. The number of thioether (sulfide) groups is 1. The van der Waals surface area contributed by atoms with Gasteiger partial charge in [0.1, 0.15) is 0 Å². The van der Waals surface area contributed by atoms with Crippen LogP contribution in [-0.4, -0.2) is 29.0 Å². The fourth-order valence-electron chi connectivity index (χ4n) is 2.75. The summed E-state index contributed by atoms with van der Waals surface area (Å²) in [5, 5.41) is 5.96. The zero-order valence-electron chi connectivity index (χ0n) is 14.7. The van der Waals surface area contributed by atoms with Gasteiger partial charge in [-0.3, -0.25) is 4.79 Å². The van der Waals surface area contributed by atoms with Gasteiger partial charge in [0.25, 0.3) is 0 Å². The highest BCUT2D eigenvalue weighted by atomic mass is 35.5. The molecular weight excluding hydrogens is 406 g/mol. The lowest BCUT2D eigenvalue weighted by Gasteiger charge is -2.11. The lowest BCUT2D eigenvalue weighted by Crippen LogP contribution is -2.14. The largest absolute Gasteiger partial charge is 0.319 e. The predicted molar refractivity (Wildman–Crippen MR) is 108 cm³/mol. The number of ketones is 1. The molecule has 9 heteroatoms. The molecule has 0 aliphatic carbocycles. The summed E-state index contributed by atoms with van der Waals surface area (Å²) >= 11 is 7.29. The molecule has 27 heavy (non-hydrogen) atoms. The van der Waals surface area contributed by atoms with Gasteiger partial charge in [0, 0.05) is 17.1 Å². The van der Waals surface area contributed by atoms with Crippen LogP contribution in [0.1, 0.15) is 24.2 Å². The summed E-state index contributed by atoms with van der Waals surface area (Å²) in [6.45, 7) is 4.40. The van der Waals surface area contributed by atoms with Gasteiger partial charge >= 0.3 is 0 Å². The van der Waals surface area contributed by atoms with Crippen LogP contribution in [0.5, 0.6) is 0 Å². The molecule has 0 saturated heterocycles. The van der Waals surface area contributed by atoms with Gasteiger partial charge in [-0.1, -0.05) is 35.5 Å². The van der Waals surface area contributed by atoms with E-state index in [1.54, 1.807) is 30.3 Å². The van der Waals surface area contributed by atoms with E-state index in [-0.39, 0.29) is 15.9 Å². The number of sulfonamides is 1. The third-order valence-corrected chi connectivity index (χ3v) is 6.33. The second kappa shape index (κ2) is 7.63. The molecular formula is C18H18ClN3O3S2. The van der Waals surface area contributed by atoms with Gasteiger partial charge in [-0.2, -0.15) is 0 Å². The van der Waals surface area contributed by atoms with E-state index < -0.39 is 10.0 Å². The van der Waals surface area contributed by atoms with Crippen molar-refractivity contribution in [1.29, 1.82) is 0 Å². The molecule has 0 bridgehead atoms. The molecule has 0 spiro atoms. The number of fused-ring (bicyclic) bond motifs is 1. The number of imidazole rings is 1. The smallest absolute Gasteiger partial charge is 0.238 e. The molecule has 1 aromatic heterocycles. The zero-order chi connectivity index (χ0) is 19.8. The molecule has 1 atom stereocenters. The molecule has 2 N–H and O–H groups in total. The van der Waals surface area contributed by atoms with Crippen molar-refractivity contribution in [2.75, 3.05) is 0 Å². The first kappa shape index (κ1) is 19.9. The number of rotatable bonds is 6. The predicted octanol–water partition coefficient (Wildman–Crippen LogP) is 3.72. The number of aromatic nitrogens is 2. The van der Waals surface area contributed by atoms with Crippen molar-refractivity contribution in [1.82, 2.24) is 9.55 Å². The first-order valence-electron chi connectivity index (χ1n) is 8.20. The average molecular weight is 424 g/mol. The molecule has 3 rings (SSSR count). The monoisotopic (exact) mass is 423 g/mol. The van der Waals surface area contributed by atoms with E-state index in [0.717, 1.165) is 5.52 Å². The van der Waals surface area contributed by atoms with E-state index in [1.165, 1.54) is 23.9 Å². The van der Waals surface area contributed by atoms with Crippen LogP contribution >= 0.6 is 23.4 Å². The molecule has 142 valence electrons. The number of carbonyl (C=O) groups is 1. The lowest BCUT2D eigenvalue weighted by molar-refractivity contribution is 0.0994. The number of hydrogen-bond donors (Lipinski definition) is 1. The van der Waals surface area contributed by atoms with Gasteiger partial charge in [-0.25, -0.2) is 18.5 Å². The summed E-state index contributed by atoms with van der Waals surface area (Å²) in [5.74, 6) is -0.0533. The summed E-state index contributed by atoms with van der Waals surface area (Å²) in [5.41, 5.74) is 1.85. The summed E-state index contributed by atoms with van der Waals surface area (Å²) in [6, 6.07) is 11.4. The number of primary sulfonamides is 1. The summed E-state index contributed by atoms with van der Waals surface area (Å²) in [6.07, 6.45) is 0. The molecule has 0 aliphatic heterocycles. The Labute approximate surface area is 166 Å². The fourth-order valence-corrected chi connectivity index (χ4v) is 4.54. The first-order valence-corrected chi connectivity index (χ1v) is 11.0. The van der Waals surface area contributed by atoms with Gasteiger partial charge in [-0.05, 0) is 44.2 Å². The molecule has 6 nitrogen and oxygen atoms in total. The molecule has 1 heterocycles. The zero-order valence-corrected chi connectivity index (χ0v) is 17.1. The SMILES string of the molecule is CCn1c(SC(C)C(=O)c2cccc(Cl)c2)nc2cc(S(N)(=O)=O)ccc21. The number of aryl methyl sites for hydroxylation is 1. The number of nitrogens with two attached hydrogens (primary N) is 1. The molecule has 2 aromatic carbocycles. The Morgan fingerprint density at radius 1 is 1.30 bits per heavy atom. The Morgan fingerprint density at radius 3 is 2.67 bits per heavy atom. The second-order valence-electron chi connectivity index (χ2n) is 5.97. The first-order chi connectivity index (χ1) is 12.7. The molecule has 0 saturated carbocycles. The highest BCUT2D eigenvalue weighted by Crippen LogP contribution is 2.30. The fraction of sp³-hybridized carbons (Fsp3) is 0.222. The Hall–Kier alpha value is -1.87. The summed E-state index contributed by atoms with van der Waals surface area (Å²) in [4.78, 5) is 17.2. The van der Waals surface area contributed by atoms with Crippen LogP contribution in [0.15, 0.2) is 52.5 Å². The number of halogens is 1. The normalized spacial score (nSPS) is 13.0. The highest BCUT2D eigenvalue weighted by molar-refractivity contribution is 8.00. The third-order valence-electron chi connectivity index (χ3n) is 4.09. The van der Waals surface area contributed by atoms with Gasteiger partial charge in [-0.15, -0.1) is 0 Å². The highest BCUT2D eigenvalue weighted by Gasteiger charge is 2.21. The molecule has 1 unspecified atom stereocenters. The van der Waals surface area contributed by atoms with E-state index >= 15 is 0 Å². The molecule has 0 aliphatic rings. The number of benzene rings is 2. The minimum Gasteiger partial charge on any atom is -0.319 e. The summed E-state index contributed by atoms with van der Waals surface area (Å²) in [7, 11) is -3.80. The van der Waals surface area contributed by atoms with Crippen LogP contribution < -0.4 is 5.14 Å². The van der Waals surface area contributed by atoms with Crippen LogP contribution in [0.2, 0.25) is 5.02 Å². The maximum absolute atomic E-state index is 12.7. The Morgan fingerprint density at radius 2 is 2.04 bits per heavy atom. The molecule has 0 radical (unpaired) electrons. The molecule has 0 amide bonds. The van der Waals surface area contributed by atoms with Crippen LogP contribution in [0.3, 0.4) is 0 Å². The van der Waals surface area contributed by atoms with Crippen molar-refractivity contribution in [3.05, 3.63) is 53.1 Å². The maximum atomic E-state index is 12.7. The molecule has 3 aromatic rings. The van der Waals surface area contributed by atoms with Crippen molar-refractivity contribution < 1.29 is 13.2 Å². The van der Waals surface area contributed by atoms with Crippen molar-refractivity contribution >= 4 is 50.2 Å². The van der Waals surface area contributed by atoms with Crippen molar-refractivity contribution in [2.45, 2.75) is 35.7 Å². The van der Waals surface area contributed by atoms with E-state index in [2.05, 4.69) is 4.98 Å². The number of carbonyl (C=O) groups excluding carboxylic acids is 1. The topological polar surface area (TPSA) is 95.0 Å². The van der Waals surface area contributed by atoms with E-state index in [1.807, 2.05) is 18.4 Å². The van der Waals surface area contributed by atoms with Crippen LogP contribution in [0.25, 0.3) is 11.0 Å². The van der Waals surface area contributed by atoms with Crippen molar-refractivity contribution in [3.63, 3.8) is 0 Å². The number of hydrogen-bond acceptors (Lipinski definition) is 5. The summed E-state index contributed by atoms with van der Waals surface area (Å²) < 4.78 is 25.1. The minimum absolute atomic E-state index is 0.00959. The Balaban J connectivity index is 1.95. The second-order valence-corrected chi connectivity index (χ2v) is 9.27. The van der Waals surface area contributed by atoms with Crippen LogP contribution in [0, 0.1) is 0 Å². The standard InChI is InChI=1S/C18H18ClN3O3S2/c1-3-22-16-8-7-14(27(20,24)25)10-15(16)21-18(22)26-11(2)17(23)12-5-4-6-13(19)9-12/h4-11H,3H2,1-2H3,(H2,20,24,25). The van der Waals surface area contributed by atoms with Gasteiger partial charge < -0.3 is 4.57 Å². The van der Waals surface area contributed by atoms with Crippen LogP contribution in [0.4, 0.5) is 0 Å². The van der Waals surface area contributed by atoms with Crippen molar-refractivity contribution in [3.8, 4) is 0 Å². The minimum atomic E-state index is -3.80. The van der Waals surface area contributed by atoms with E-state index in [9.17, 15) is 13.2 Å². The van der Waals surface area contributed by atoms with E-state index in [0.29, 0.717) is 27.8 Å². The Kier molecular flexibility index (Phi) is 5.62. The van der Waals surface area contributed by atoms with Gasteiger partial charge in [0.05, 0.1) is 21.2 Å². The van der Waals surface area contributed by atoms with Gasteiger partial charge in [0.2, 0.25) is 10.0 Å². The quantitative estimate of drug-likeness (QED) is 0.481.